The van der Waals surface area contributed by atoms with E-state index in [0.29, 0.717) is 16.8 Å². The maximum Gasteiger partial charge on any atom is 0.243 e. The van der Waals surface area contributed by atoms with Gasteiger partial charge in [0, 0.05) is 12.1 Å². The number of nitrogens with zero attached hydrogens (tertiary/aromatic N) is 2. The lowest BCUT2D eigenvalue weighted by atomic mass is 9.96. The number of para-hydroxylation sites is 1. The highest BCUT2D eigenvalue weighted by molar-refractivity contribution is 6.05. The lowest BCUT2D eigenvalue weighted by Crippen LogP contribution is -2.50. The normalized spacial score (nSPS) is 21.1. The van der Waals surface area contributed by atoms with Gasteiger partial charge in [0.05, 0.1) is 19.0 Å². The van der Waals surface area contributed by atoms with Crippen molar-refractivity contribution in [2.75, 3.05) is 18.0 Å². The molecular weight excluding hydrogens is 500 g/mol. The first-order valence-corrected chi connectivity index (χ1v) is 13.4. The van der Waals surface area contributed by atoms with E-state index in [4.69, 9.17) is 0 Å². The lowest BCUT2D eigenvalue weighted by molar-refractivity contribution is -0.138. The molecule has 3 aromatic carbocycles. The Bertz CT molecular complexity index is 1430. The van der Waals surface area contributed by atoms with E-state index in [1.807, 2.05) is 48.5 Å². The molecule has 0 spiro atoms. The molecule has 39 heavy (non-hydrogen) atoms. The van der Waals surface area contributed by atoms with Crippen molar-refractivity contribution in [3.8, 4) is 0 Å². The van der Waals surface area contributed by atoms with Gasteiger partial charge in [-0.3, -0.25) is 14.4 Å². The highest BCUT2D eigenvalue weighted by atomic mass is 19.1. The minimum absolute atomic E-state index is 0.140. The van der Waals surface area contributed by atoms with Crippen LogP contribution in [0.25, 0.3) is 0 Å². The number of benzene rings is 3. The van der Waals surface area contributed by atoms with Crippen LogP contribution in [0.15, 0.2) is 72.8 Å². The summed E-state index contributed by atoms with van der Waals surface area (Å²) in [6.07, 6.45) is 0.642. The summed E-state index contributed by atoms with van der Waals surface area (Å²) in [4.78, 5) is 42.1. The Kier molecular flexibility index (Phi) is 6.62. The monoisotopic (exact) mass is 529 g/mol. The van der Waals surface area contributed by atoms with Crippen molar-refractivity contribution < 1.29 is 23.2 Å². The summed E-state index contributed by atoms with van der Waals surface area (Å²) in [5.74, 6) is -1.27. The molecule has 2 heterocycles. The molecule has 6 rings (SSSR count). The van der Waals surface area contributed by atoms with Crippen molar-refractivity contribution in [3.63, 3.8) is 0 Å². The summed E-state index contributed by atoms with van der Waals surface area (Å²) >= 11 is 0. The molecule has 1 saturated heterocycles. The topological polar surface area (TPSA) is 69.7 Å². The Morgan fingerprint density at radius 1 is 0.974 bits per heavy atom. The van der Waals surface area contributed by atoms with Gasteiger partial charge in [-0.2, -0.15) is 0 Å². The van der Waals surface area contributed by atoms with Gasteiger partial charge < -0.3 is 15.1 Å². The number of anilines is 1. The largest absolute Gasteiger partial charge is 0.343 e. The van der Waals surface area contributed by atoms with Crippen LogP contribution in [0.4, 0.5) is 14.5 Å². The fourth-order valence-corrected chi connectivity index (χ4v) is 5.72. The van der Waals surface area contributed by atoms with E-state index in [1.54, 1.807) is 18.2 Å². The van der Waals surface area contributed by atoms with Gasteiger partial charge in [-0.1, -0.05) is 60.7 Å². The molecule has 3 aromatic rings. The Hall–Kier alpha value is -4.07. The quantitative estimate of drug-likeness (QED) is 0.492. The van der Waals surface area contributed by atoms with Crippen LogP contribution in [0.1, 0.15) is 53.5 Å². The highest BCUT2D eigenvalue weighted by Gasteiger charge is 2.42. The lowest BCUT2D eigenvalue weighted by Gasteiger charge is -2.28. The zero-order valence-corrected chi connectivity index (χ0v) is 21.4. The molecule has 2 fully saturated rings. The fraction of sp³-hybridized carbons (Fsp3) is 0.323. The molecule has 0 aromatic heterocycles. The molecular formula is C31H29F2N3O3. The summed E-state index contributed by atoms with van der Waals surface area (Å²) in [5, 5.41) is 2.96. The summed E-state index contributed by atoms with van der Waals surface area (Å²) < 4.78 is 29.6. The molecule has 3 atom stereocenters. The van der Waals surface area contributed by atoms with Crippen LogP contribution >= 0.6 is 0 Å². The summed E-state index contributed by atoms with van der Waals surface area (Å²) in [6.45, 7) is -0.483. The maximum absolute atomic E-state index is 15.0. The number of carbonyl (C=O) groups excluding carboxylic acids is 3. The van der Waals surface area contributed by atoms with Crippen LogP contribution in [-0.4, -0.2) is 47.9 Å². The second-order valence-electron chi connectivity index (χ2n) is 10.6. The van der Waals surface area contributed by atoms with Crippen molar-refractivity contribution in [2.45, 2.75) is 49.9 Å². The van der Waals surface area contributed by atoms with E-state index in [0.717, 1.165) is 24.0 Å². The van der Waals surface area contributed by atoms with Crippen LogP contribution in [0.2, 0.25) is 0 Å². The van der Waals surface area contributed by atoms with Crippen molar-refractivity contribution in [3.05, 3.63) is 101 Å². The van der Waals surface area contributed by atoms with E-state index in [2.05, 4.69) is 5.32 Å². The highest BCUT2D eigenvalue weighted by Crippen LogP contribution is 2.42. The van der Waals surface area contributed by atoms with Crippen molar-refractivity contribution >= 4 is 23.4 Å². The third-order valence-electron chi connectivity index (χ3n) is 7.89. The standard InChI is InChI=1S/C31H29F2N3O3/c32-23-16-27(35(17-23)29(38)18-36-26-9-5-4-8-21(26)15-28(36)37)31(39)34-30(20-6-2-1-3-7-20)22-12-13-24(19-10-11-19)25(33)14-22/h1-9,12-14,19,23,27,30H,10-11,15-18H2,(H,34,39)/t23-,27+,30+/m1/s1. The first kappa shape index (κ1) is 25.2. The predicted molar refractivity (Wildman–Crippen MR) is 142 cm³/mol. The minimum atomic E-state index is -1.36. The Morgan fingerprint density at radius 2 is 1.72 bits per heavy atom. The van der Waals surface area contributed by atoms with Gasteiger partial charge in [-0.25, -0.2) is 8.78 Å². The second kappa shape index (κ2) is 10.2. The number of alkyl halides is 1. The molecule has 1 saturated carbocycles. The predicted octanol–water partition coefficient (Wildman–Crippen LogP) is 4.44. The van der Waals surface area contributed by atoms with Crippen molar-refractivity contribution in [1.29, 1.82) is 0 Å². The number of carbonyl (C=O) groups is 3. The zero-order chi connectivity index (χ0) is 27.1. The minimum Gasteiger partial charge on any atom is -0.343 e. The van der Waals surface area contributed by atoms with E-state index in [1.165, 1.54) is 15.9 Å². The van der Waals surface area contributed by atoms with Crippen LogP contribution < -0.4 is 10.2 Å². The number of hydrogen-bond donors (Lipinski definition) is 1. The molecule has 0 unspecified atom stereocenters. The van der Waals surface area contributed by atoms with Crippen LogP contribution in [0.3, 0.4) is 0 Å². The van der Waals surface area contributed by atoms with Gasteiger partial charge in [0.2, 0.25) is 17.7 Å². The Labute approximate surface area is 225 Å². The number of nitrogens with one attached hydrogen (secondary N) is 1. The SMILES string of the molecule is O=C(N[C@@H](c1ccccc1)c1ccc(C2CC2)c(F)c1)[C@@H]1C[C@@H](F)CN1C(=O)CN1C(=O)Cc2ccccc21. The smallest absolute Gasteiger partial charge is 0.243 e. The maximum atomic E-state index is 15.0. The molecule has 0 bridgehead atoms. The van der Waals surface area contributed by atoms with Crippen LogP contribution in [-0.2, 0) is 20.8 Å². The average Bonchev–Trinajstić information content (AvgIpc) is 3.63. The Balaban J connectivity index is 1.23. The van der Waals surface area contributed by atoms with E-state index >= 15 is 0 Å². The molecule has 200 valence electrons. The van der Waals surface area contributed by atoms with Gasteiger partial charge in [0.15, 0.2) is 0 Å². The van der Waals surface area contributed by atoms with Gasteiger partial charge in [-0.15, -0.1) is 0 Å². The molecule has 2 aliphatic heterocycles. The third kappa shape index (κ3) is 5.03. The number of halogens is 2. The van der Waals surface area contributed by atoms with Gasteiger partial charge in [-0.05, 0) is 53.1 Å². The van der Waals surface area contributed by atoms with Gasteiger partial charge >= 0.3 is 0 Å². The third-order valence-corrected chi connectivity index (χ3v) is 7.89. The van der Waals surface area contributed by atoms with E-state index < -0.39 is 30.1 Å². The Morgan fingerprint density at radius 3 is 2.46 bits per heavy atom. The summed E-state index contributed by atoms with van der Waals surface area (Å²) in [5.41, 5.74) is 3.50. The number of hydrogen-bond acceptors (Lipinski definition) is 3. The number of rotatable bonds is 7. The summed E-state index contributed by atoms with van der Waals surface area (Å²) in [6, 6.07) is 19.8. The second-order valence-corrected chi connectivity index (χ2v) is 10.6. The van der Waals surface area contributed by atoms with Crippen molar-refractivity contribution in [1.82, 2.24) is 10.2 Å². The number of likely N-dealkylation sites (tertiary alicyclic amines) is 1. The molecule has 6 nitrogen and oxygen atoms in total. The molecule has 3 aliphatic rings. The first-order chi connectivity index (χ1) is 18.9. The molecule has 1 aliphatic carbocycles. The van der Waals surface area contributed by atoms with Gasteiger partial charge in [0.25, 0.3) is 0 Å². The fourth-order valence-electron chi connectivity index (χ4n) is 5.72. The molecule has 1 N–H and O–H groups in total. The first-order valence-electron chi connectivity index (χ1n) is 13.4. The zero-order valence-electron chi connectivity index (χ0n) is 21.4. The van der Waals surface area contributed by atoms with E-state index in [-0.39, 0.29) is 43.6 Å². The van der Waals surface area contributed by atoms with Crippen molar-refractivity contribution in [2.24, 2.45) is 0 Å². The van der Waals surface area contributed by atoms with Crippen LogP contribution in [0.5, 0.6) is 0 Å². The molecule has 0 radical (unpaired) electrons. The average molecular weight is 530 g/mol. The van der Waals surface area contributed by atoms with E-state index in [9.17, 15) is 23.2 Å². The van der Waals surface area contributed by atoms with Gasteiger partial charge in [0.1, 0.15) is 24.6 Å². The molecule has 3 amide bonds. The number of fused-ring (bicyclic) bond motifs is 1. The molecule has 8 heteroatoms. The van der Waals surface area contributed by atoms with Crippen LogP contribution in [0, 0.1) is 5.82 Å². The number of amides is 3. The summed E-state index contributed by atoms with van der Waals surface area (Å²) in [7, 11) is 0.